The molecule has 2 nitrogen and oxygen atoms in total. The van der Waals surface area contributed by atoms with Crippen LogP contribution in [0.1, 0.15) is 33.6 Å². The fourth-order valence-electron chi connectivity index (χ4n) is 2.10. The highest BCUT2D eigenvalue weighted by Gasteiger charge is 2.32. The number of rotatable bonds is 6. The van der Waals surface area contributed by atoms with Gasteiger partial charge in [-0.1, -0.05) is 13.8 Å². The van der Waals surface area contributed by atoms with Crippen LogP contribution in [0.5, 0.6) is 0 Å². The van der Waals surface area contributed by atoms with E-state index in [4.69, 9.17) is 0 Å². The number of nitrogens with one attached hydrogen (secondary N) is 1. The third-order valence-corrected chi connectivity index (χ3v) is 4.25. The first-order valence-electron chi connectivity index (χ1n) is 5.89. The summed E-state index contributed by atoms with van der Waals surface area (Å²) in [5.74, 6) is 2.52. The predicted octanol–water partition coefficient (Wildman–Crippen LogP) is 2.12. The van der Waals surface area contributed by atoms with E-state index < -0.39 is 5.60 Å². The van der Waals surface area contributed by atoms with Crippen LogP contribution in [0.3, 0.4) is 0 Å². The molecule has 1 saturated carbocycles. The van der Waals surface area contributed by atoms with Crippen LogP contribution in [0.15, 0.2) is 0 Å². The van der Waals surface area contributed by atoms with Gasteiger partial charge in [-0.05, 0) is 37.9 Å². The molecule has 1 rings (SSSR count). The molecule has 0 aromatic heterocycles. The predicted molar refractivity (Wildman–Crippen MR) is 68.4 cm³/mol. The Morgan fingerprint density at radius 1 is 1.47 bits per heavy atom. The molecular formula is C12H25NOS. The van der Waals surface area contributed by atoms with Crippen LogP contribution in [0, 0.1) is 11.8 Å². The minimum Gasteiger partial charge on any atom is -0.388 e. The molecule has 0 spiro atoms. The van der Waals surface area contributed by atoms with Gasteiger partial charge >= 0.3 is 0 Å². The lowest BCUT2D eigenvalue weighted by atomic mass is 9.73. The minimum atomic E-state index is -0.553. The molecule has 1 atom stereocenters. The maximum atomic E-state index is 9.97. The van der Waals surface area contributed by atoms with Crippen molar-refractivity contribution in [1.82, 2.24) is 5.32 Å². The maximum Gasteiger partial charge on any atom is 0.0833 e. The molecule has 1 unspecified atom stereocenters. The van der Waals surface area contributed by atoms with E-state index >= 15 is 0 Å². The summed E-state index contributed by atoms with van der Waals surface area (Å²) >= 11 is 1.70. The summed E-state index contributed by atoms with van der Waals surface area (Å²) in [7, 11) is 0. The lowest BCUT2D eigenvalue weighted by molar-refractivity contribution is 0.0676. The molecule has 15 heavy (non-hydrogen) atoms. The molecule has 0 radical (unpaired) electrons. The summed E-state index contributed by atoms with van der Waals surface area (Å²) in [5.41, 5.74) is -0.553. The number of hydrogen-bond acceptors (Lipinski definition) is 3. The molecule has 1 aliphatic rings. The lowest BCUT2D eigenvalue weighted by Crippen LogP contribution is -2.49. The smallest absolute Gasteiger partial charge is 0.0833 e. The van der Waals surface area contributed by atoms with E-state index in [1.54, 1.807) is 11.8 Å². The highest BCUT2D eigenvalue weighted by molar-refractivity contribution is 7.98. The average Bonchev–Trinajstić information content (AvgIpc) is 1.99. The van der Waals surface area contributed by atoms with Crippen molar-refractivity contribution in [3.8, 4) is 0 Å². The molecular weight excluding hydrogens is 206 g/mol. The fraction of sp³-hybridized carbons (Fsp3) is 1.00. The summed E-state index contributed by atoms with van der Waals surface area (Å²) in [6.07, 6.45) is 4.60. The average molecular weight is 231 g/mol. The topological polar surface area (TPSA) is 32.3 Å². The van der Waals surface area contributed by atoms with Crippen molar-refractivity contribution in [2.75, 3.05) is 18.6 Å². The second-order valence-electron chi connectivity index (χ2n) is 5.48. The normalized spacial score (nSPS) is 30.0. The number of thioether (sulfide) groups is 1. The van der Waals surface area contributed by atoms with Crippen LogP contribution in [0.25, 0.3) is 0 Å². The van der Waals surface area contributed by atoms with Crippen LogP contribution >= 0.6 is 11.8 Å². The van der Waals surface area contributed by atoms with Gasteiger partial charge in [0.05, 0.1) is 5.60 Å². The summed E-state index contributed by atoms with van der Waals surface area (Å²) < 4.78 is 0. The Hall–Kier alpha value is 0.270. The van der Waals surface area contributed by atoms with Crippen LogP contribution in [0.4, 0.5) is 0 Å². The summed E-state index contributed by atoms with van der Waals surface area (Å²) in [5, 5.41) is 13.4. The van der Waals surface area contributed by atoms with Crippen molar-refractivity contribution in [3.05, 3.63) is 0 Å². The van der Waals surface area contributed by atoms with Crippen molar-refractivity contribution >= 4 is 11.8 Å². The first kappa shape index (κ1) is 13.3. The van der Waals surface area contributed by atoms with Crippen molar-refractivity contribution < 1.29 is 5.11 Å². The summed E-state index contributed by atoms with van der Waals surface area (Å²) in [6, 6.07) is 0.644. The van der Waals surface area contributed by atoms with E-state index in [2.05, 4.69) is 19.2 Å². The minimum absolute atomic E-state index is 0.553. The second-order valence-corrected chi connectivity index (χ2v) is 6.35. The van der Waals surface area contributed by atoms with E-state index in [-0.39, 0.29) is 0 Å². The van der Waals surface area contributed by atoms with Gasteiger partial charge in [0.25, 0.3) is 0 Å². The molecule has 1 aliphatic carbocycles. The Bertz CT molecular complexity index is 188. The van der Waals surface area contributed by atoms with Crippen LogP contribution in [-0.4, -0.2) is 35.3 Å². The molecule has 0 heterocycles. The molecule has 2 N–H and O–H groups in total. The Kier molecular flexibility index (Phi) is 4.94. The zero-order valence-electron chi connectivity index (χ0n) is 10.4. The molecule has 0 bridgehead atoms. The van der Waals surface area contributed by atoms with Crippen LogP contribution in [0.2, 0.25) is 0 Å². The van der Waals surface area contributed by atoms with E-state index in [1.807, 2.05) is 13.2 Å². The monoisotopic (exact) mass is 231 g/mol. The van der Waals surface area contributed by atoms with Gasteiger partial charge < -0.3 is 10.4 Å². The van der Waals surface area contributed by atoms with Gasteiger partial charge in [-0.2, -0.15) is 11.8 Å². The first-order chi connectivity index (χ1) is 6.94. The Morgan fingerprint density at radius 2 is 2.07 bits per heavy atom. The molecule has 3 heteroatoms. The molecule has 1 fully saturated rings. The van der Waals surface area contributed by atoms with Crippen molar-refractivity contribution in [2.45, 2.75) is 45.3 Å². The molecule has 0 amide bonds. The molecule has 0 aliphatic heterocycles. The number of aliphatic hydroxyl groups is 1. The quantitative estimate of drug-likeness (QED) is 0.734. The highest BCUT2D eigenvalue weighted by atomic mass is 32.2. The third-order valence-electron chi connectivity index (χ3n) is 3.34. The lowest BCUT2D eigenvalue weighted by Gasteiger charge is -2.40. The van der Waals surface area contributed by atoms with Crippen molar-refractivity contribution in [1.29, 1.82) is 0 Å². The zero-order valence-corrected chi connectivity index (χ0v) is 11.2. The van der Waals surface area contributed by atoms with Gasteiger partial charge in [-0.3, -0.25) is 0 Å². The summed E-state index contributed by atoms with van der Waals surface area (Å²) in [6.45, 7) is 7.23. The SMILES string of the molecule is CSCC(C)(O)CNC1CC(C(C)C)C1. The highest BCUT2D eigenvalue weighted by Crippen LogP contribution is 2.33. The fourth-order valence-corrected chi connectivity index (χ4v) is 2.82. The third kappa shape index (κ3) is 4.33. The van der Waals surface area contributed by atoms with Crippen LogP contribution < -0.4 is 5.32 Å². The molecule has 0 saturated heterocycles. The standard InChI is InChI=1S/C12H25NOS/c1-9(2)10-5-11(6-10)13-7-12(3,14)8-15-4/h9-11,13-14H,5-8H2,1-4H3. The Morgan fingerprint density at radius 3 is 2.53 bits per heavy atom. The van der Waals surface area contributed by atoms with Gasteiger partial charge in [0.15, 0.2) is 0 Å². The summed E-state index contributed by atoms with van der Waals surface area (Å²) in [4.78, 5) is 0. The van der Waals surface area contributed by atoms with Gasteiger partial charge in [-0.25, -0.2) is 0 Å². The molecule has 0 aromatic rings. The van der Waals surface area contributed by atoms with Crippen LogP contribution in [-0.2, 0) is 0 Å². The number of hydrogen-bond donors (Lipinski definition) is 2. The van der Waals surface area contributed by atoms with Gasteiger partial charge in [0.2, 0.25) is 0 Å². The van der Waals surface area contributed by atoms with E-state index in [9.17, 15) is 5.11 Å². The van der Waals surface area contributed by atoms with Gasteiger partial charge in [0, 0.05) is 18.3 Å². The Balaban J connectivity index is 2.12. The maximum absolute atomic E-state index is 9.97. The van der Waals surface area contributed by atoms with E-state index in [1.165, 1.54) is 12.8 Å². The van der Waals surface area contributed by atoms with Gasteiger partial charge in [-0.15, -0.1) is 0 Å². The largest absolute Gasteiger partial charge is 0.388 e. The van der Waals surface area contributed by atoms with Crippen molar-refractivity contribution in [2.24, 2.45) is 11.8 Å². The zero-order chi connectivity index (χ0) is 11.5. The molecule has 90 valence electrons. The van der Waals surface area contributed by atoms with Crippen molar-refractivity contribution in [3.63, 3.8) is 0 Å². The second kappa shape index (κ2) is 5.55. The first-order valence-corrected chi connectivity index (χ1v) is 7.28. The van der Waals surface area contributed by atoms with E-state index in [0.29, 0.717) is 6.04 Å². The Labute approximate surface area is 98.2 Å². The van der Waals surface area contributed by atoms with Gasteiger partial charge in [0.1, 0.15) is 0 Å². The van der Waals surface area contributed by atoms with E-state index in [0.717, 1.165) is 24.1 Å². The molecule has 0 aromatic carbocycles.